The molecular formula is C15H16FN3. The van der Waals surface area contributed by atoms with Gasteiger partial charge in [0.15, 0.2) is 0 Å². The van der Waals surface area contributed by atoms with Crippen LogP contribution in [0, 0.1) is 5.82 Å². The molecule has 0 saturated carbocycles. The number of piperazine rings is 1. The maximum Gasteiger partial charge on any atom is 0.123 e. The van der Waals surface area contributed by atoms with Gasteiger partial charge in [0.1, 0.15) is 5.82 Å². The molecule has 3 nitrogen and oxygen atoms in total. The lowest BCUT2D eigenvalue weighted by Crippen LogP contribution is -2.57. The molecule has 1 unspecified atom stereocenters. The molecule has 2 aromatic rings. The molecular weight excluding hydrogens is 241 g/mol. The third kappa shape index (κ3) is 2.25. The van der Waals surface area contributed by atoms with Gasteiger partial charge in [-0.25, -0.2) is 4.39 Å². The maximum atomic E-state index is 13.1. The fourth-order valence-corrected chi connectivity index (χ4v) is 2.65. The summed E-state index contributed by atoms with van der Waals surface area (Å²) >= 11 is 0. The van der Waals surface area contributed by atoms with E-state index in [1.165, 1.54) is 12.1 Å². The summed E-state index contributed by atoms with van der Waals surface area (Å²) in [5, 5.41) is 6.98. The lowest BCUT2D eigenvalue weighted by atomic mass is 9.82. The minimum Gasteiger partial charge on any atom is -0.313 e. The van der Waals surface area contributed by atoms with Crippen molar-refractivity contribution < 1.29 is 4.39 Å². The van der Waals surface area contributed by atoms with Gasteiger partial charge in [-0.1, -0.05) is 12.1 Å². The molecule has 1 atom stereocenters. The summed E-state index contributed by atoms with van der Waals surface area (Å²) in [5.41, 5.74) is 1.89. The summed E-state index contributed by atoms with van der Waals surface area (Å²) in [5.74, 6) is -0.211. The van der Waals surface area contributed by atoms with Gasteiger partial charge in [0.2, 0.25) is 0 Å². The van der Waals surface area contributed by atoms with Gasteiger partial charge in [-0.05, 0) is 35.4 Å². The predicted molar refractivity (Wildman–Crippen MR) is 72.3 cm³/mol. The first kappa shape index (κ1) is 12.3. The van der Waals surface area contributed by atoms with Crippen LogP contribution in [0.3, 0.4) is 0 Å². The van der Waals surface area contributed by atoms with Crippen molar-refractivity contribution in [3.63, 3.8) is 0 Å². The minimum absolute atomic E-state index is 0.211. The Morgan fingerprint density at radius 1 is 0.947 bits per heavy atom. The molecule has 1 saturated heterocycles. The Morgan fingerprint density at radius 3 is 2.26 bits per heavy atom. The van der Waals surface area contributed by atoms with Gasteiger partial charge in [0.05, 0.1) is 5.54 Å². The molecule has 1 aliphatic heterocycles. The predicted octanol–water partition coefficient (Wildman–Crippen LogP) is 1.66. The highest BCUT2D eigenvalue weighted by Gasteiger charge is 2.35. The van der Waals surface area contributed by atoms with Crippen molar-refractivity contribution in [3.05, 3.63) is 65.7 Å². The molecule has 2 N–H and O–H groups in total. The van der Waals surface area contributed by atoms with Gasteiger partial charge in [0, 0.05) is 32.0 Å². The summed E-state index contributed by atoms with van der Waals surface area (Å²) in [7, 11) is 0. The van der Waals surface area contributed by atoms with Gasteiger partial charge in [-0.2, -0.15) is 0 Å². The molecule has 1 aromatic carbocycles. The topological polar surface area (TPSA) is 37.0 Å². The van der Waals surface area contributed by atoms with E-state index in [0.717, 1.165) is 30.8 Å². The van der Waals surface area contributed by atoms with Crippen LogP contribution in [-0.2, 0) is 5.54 Å². The summed E-state index contributed by atoms with van der Waals surface area (Å²) < 4.78 is 13.1. The molecule has 1 aromatic heterocycles. The van der Waals surface area contributed by atoms with Crippen LogP contribution in [0.25, 0.3) is 0 Å². The van der Waals surface area contributed by atoms with Gasteiger partial charge in [-0.3, -0.25) is 4.98 Å². The maximum absolute atomic E-state index is 13.1. The van der Waals surface area contributed by atoms with Gasteiger partial charge >= 0.3 is 0 Å². The van der Waals surface area contributed by atoms with E-state index in [1.54, 1.807) is 12.4 Å². The summed E-state index contributed by atoms with van der Waals surface area (Å²) in [4.78, 5) is 4.07. The second-order valence-electron chi connectivity index (χ2n) is 4.75. The molecule has 3 rings (SSSR count). The van der Waals surface area contributed by atoms with Crippen LogP contribution < -0.4 is 10.6 Å². The minimum atomic E-state index is -0.311. The largest absolute Gasteiger partial charge is 0.313 e. The number of benzene rings is 1. The fraction of sp³-hybridized carbons (Fsp3) is 0.267. The Hall–Kier alpha value is -1.78. The zero-order valence-corrected chi connectivity index (χ0v) is 10.6. The first-order valence-electron chi connectivity index (χ1n) is 6.43. The average molecular weight is 257 g/mol. The number of nitrogens with one attached hydrogen (secondary N) is 2. The summed E-state index contributed by atoms with van der Waals surface area (Å²) in [6, 6.07) is 10.7. The van der Waals surface area contributed by atoms with E-state index in [2.05, 4.69) is 15.6 Å². The Morgan fingerprint density at radius 2 is 1.63 bits per heavy atom. The Labute approximate surface area is 111 Å². The first-order valence-corrected chi connectivity index (χ1v) is 6.43. The van der Waals surface area contributed by atoms with Crippen molar-refractivity contribution in [1.82, 2.24) is 15.6 Å². The third-order valence-electron chi connectivity index (χ3n) is 3.63. The second kappa shape index (κ2) is 5.07. The zero-order chi connectivity index (χ0) is 13.1. The number of nitrogens with zero attached hydrogens (tertiary/aromatic N) is 1. The number of halogens is 1. The zero-order valence-electron chi connectivity index (χ0n) is 10.6. The van der Waals surface area contributed by atoms with Crippen LogP contribution >= 0.6 is 0 Å². The molecule has 4 heteroatoms. The molecule has 98 valence electrons. The Bertz CT molecular complexity index is 533. The van der Waals surface area contributed by atoms with Crippen LogP contribution in [0.4, 0.5) is 4.39 Å². The standard InChI is InChI=1S/C15H16FN3/c16-14-3-1-12(2-4-14)15(11-18-9-10-19-15)13-5-7-17-8-6-13/h1-8,18-19H,9-11H2. The third-order valence-corrected chi connectivity index (χ3v) is 3.63. The number of aromatic nitrogens is 1. The van der Waals surface area contributed by atoms with E-state index in [-0.39, 0.29) is 11.4 Å². The van der Waals surface area contributed by atoms with Crippen LogP contribution in [0.5, 0.6) is 0 Å². The summed E-state index contributed by atoms with van der Waals surface area (Å²) in [6.45, 7) is 2.59. The fourth-order valence-electron chi connectivity index (χ4n) is 2.65. The Balaban J connectivity index is 2.09. The molecule has 1 fully saturated rings. The van der Waals surface area contributed by atoms with Crippen molar-refractivity contribution >= 4 is 0 Å². The number of pyridine rings is 1. The van der Waals surface area contributed by atoms with Crippen LogP contribution in [0.1, 0.15) is 11.1 Å². The number of hydrogen-bond donors (Lipinski definition) is 2. The first-order chi connectivity index (χ1) is 9.31. The van der Waals surface area contributed by atoms with Crippen molar-refractivity contribution in [2.45, 2.75) is 5.54 Å². The highest BCUT2D eigenvalue weighted by molar-refractivity contribution is 5.39. The number of hydrogen-bond acceptors (Lipinski definition) is 3. The van der Waals surface area contributed by atoms with E-state index in [9.17, 15) is 4.39 Å². The highest BCUT2D eigenvalue weighted by atomic mass is 19.1. The van der Waals surface area contributed by atoms with Crippen LogP contribution in [0.15, 0.2) is 48.8 Å². The van der Waals surface area contributed by atoms with Crippen molar-refractivity contribution in [3.8, 4) is 0 Å². The van der Waals surface area contributed by atoms with Crippen LogP contribution in [0.2, 0.25) is 0 Å². The second-order valence-corrected chi connectivity index (χ2v) is 4.75. The van der Waals surface area contributed by atoms with Crippen molar-refractivity contribution in [1.29, 1.82) is 0 Å². The van der Waals surface area contributed by atoms with E-state index in [4.69, 9.17) is 0 Å². The smallest absolute Gasteiger partial charge is 0.123 e. The molecule has 0 spiro atoms. The molecule has 1 aliphatic rings. The van der Waals surface area contributed by atoms with Gasteiger partial charge < -0.3 is 10.6 Å². The molecule has 0 radical (unpaired) electrons. The molecule has 2 heterocycles. The van der Waals surface area contributed by atoms with Gasteiger partial charge in [0.25, 0.3) is 0 Å². The van der Waals surface area contributed by atoms with E-state index in [0.29, 0.717) is 0 Å². The van der Waals surface area contributed by atoms with E-state index in [1.807, 2.05) is 24.3 Å². The molecule has 0 bridgehead atoms. The highest BCUT2D eigenvalue weighted by Crippen LogP contribution is 2.30. The molecule has 0 amide bonds. The lowest BCUT2D eigenvalue weighted by Gasteiger charge is -2.40. The normalized spacial score (nSPS) is 23.2. The van der Waals surface area contributed by atoms with Crippen molar-refractivity contribution in [2.75, 3.05) is 19.6 Å². The Kier molecular flexibility index (Phi) is 3.27. The SMILES string of the molecule is Fc1ccc(C2(c3ccncc3)CNCCN2)cc1. The number of rotatable bonds is 2. The quantitative estimate of drug-likeness (QED) is 0.859. The van der Waals surface area contributed by atoms with Crippen molar-refractivity contribution in [2.24, 2.45) is 0 Å². The summed E-state index contributed by atoms with van der Waals surface area (Å²) in [6.07, 6.45) is 3.58. The van der Waals surface area contributed by atoms with E-state index < -0.39 is 0 Å². The lowest BCUT2D eigenvalue weighted by molar-refractivity contribution is 0.329. The van der Waals surface area contributed by atoms with Gasteiger partial charge in [-0.15, -0.1) is 0 Å². The monoisotopic (exact) mass is 257 g/mol. The molecule has 19 heavy (non-hydrogen) atoms. The van der Waals surface area contributed by atoms with Crippen LogP contribution in [-0.4, -0.2) is 24.6 Å². The van der Waals surface area contributed by atoms with E-state index >= 15 is 0 Å². The molecule has 0 aliphatic carbocycles. The average Bonchev–Trinajstić information content (AvgIpc) is 2.49.